The molecule has 1 aromatic rings. The van der Waals surface area contributed by atoms with Crippen LogP contribution in [0, 0.1) is 5.82 Å². The third-order valence-corrected chi connectivity index (χ3v) is 4.42. The fourth-order valence-corrected chi connectivity index (χ4v) is 3.16. The van der Waals surface area contributed by atoms with Gasteiger partial charge in [-0.3, -0.25) is 9.59 Å². The summed E-state index contributed by atoms with van der Waals surface area (Å²) in [6.07, 6.45) is 2.90. The molecule has 1 aliphatic heterocycles. The summed E-state index contributed by atoms with van der Waals surface area (Å²) >= 11 is 11.6. The summed E-state index contributed by atoms with van der Waals surface area (Å²) in [6.45, 7) is 0.518. The Morgan fingerprint density at radius 2 is 2.00 bits per heavy atom. The molecule has 0 spiro atoms. The largest absolute Gasteiger partial charge is 0.481 e. The molecule has 0 aromatic heterocycles. The summed E-state index contributed by atoms with van der Waals surface area (Å²) in [5.41, 5.74) is 0.0609. The van der Waals surface area contributed by atoms with Gasteiger partial charge in [0.05, 0.1) is 15.6 Å². The first-order valence-electron chi connectivity index (χ1n) is 7.07. The van der Waals surface area contributed by atoms with Crippen LogP contribution in [0.4, 0.5) is 4.39 Å². The summed E-state index contributed by atoms with van der Waals surface area (Å²) < 4.78 is 13.6. The first-order chi connectivity index (χ1) is 10.4. The molecule has 7 heteroatoms. The third-order valence-electron chi connectivity index (χ3n) is 3.82. The zero-order valence-electron chi connectivity index (χ0n) is 11.8. The summed E-state index contributed by atoms with van der Waals surface area (Å²) in [5.74, 6) is -1.97. The number of likely N-dealkylation sites (tertiary alicyclic amines) is 1. The van der Waals surface area contributed by atoms with Gasteiger partial charge in [0, 0.05) is 19.0 Å². The number of rotatable bonds is 4. The molecule has 0 radical (unpaired) electrons. The van der Waals surface area contributed by atoms with Gasteiger partial charge in [-0.1, -0.05) is 23.2 Å². The standard InChI is InChI=1S/C15H16Cl2FNO3/c16-11-8-12(17)13(18)7-10(11)15(22)19-6-2-1-3-9(19)4-5-14(20)21/h7-9H,1-6H2,(H,20,21). The highest BCUT2D eigenvalue weighted by atomic mass is 35.5. The number of carboxylic acid groups (broad SMARTS) is 1. The lowest BCUT2D eigenvalue weighted by atomic mass is 9.97. The normalized spacial score (nSPS) is 18.3. The number of carboxylic acids is 1. The van der Waals surface area contributed by atoms with E-state index in [0.717, 1.165) is 25.3 Å². The molecular formula is C15H16Cl2FNO3. The molecule has 0 bridgehead atoms. The van der Waals surface area contributed by atoms with Crippen LogP contribution < -0.4 is 0 Å². The van der Waals surface area contributed by atoms with Gasteiger partial charge in [-0.25, -0.2) is 4.39 Å². The van der Waals surface area contributed by atoms with Gasteiger partial charge in [-0.05, 0) is 37.8 Å². The molecule has 1 aromatic carbocycles. The maximum absolute atomic E-state index is 13.6. The van der Waals surface area contributed by atoms with E-state index in [-0.39, 0.29) is 34.0 Å². The lowest BCUT2D eigenvalue weighted by Crippen LogP contribution is -2.44. The van der Waals surface area contributed by atoms with Gasteiger partial charge in [-0.15, -0.1) is 0 Å². The van der Waals surface area contributed by atoms with Gasteiger partial charge in [0.1, 0.15) is 5.82 Å². The second-order valence-electron chi connectivity index (χ2n) is 5.33. The minimum Gasteiger partial charge on any atom is -0.481 e. The van der Waals surface area contributed by atoms with Crippen LogP contribution in [0.2, 0.25) is 10.0 Å². The van der Waals surface area contributed by atoms with E-state index in [2.05, 4.69) is 0 Å². The number of hydrogen-bond donors (Lipinski definition) is 1. The number of aliphatic carboxylic acids is 1. The average molecular weight is 348 g/mol. The van der Waals surface area contributed by atoms with Crippen LogP contribution in [0.1, 0.15) is 42.5 Å². The number of hydrogen-bond acceptors (Lipinski definition) is 2. The molecule has 1 fully saturated rings. The molecule has 1 atom stereocenters. The lowest BCUT2D eigenvalue weighted by molar-refractivity contribution is -0.137. The molecule has 4 nitrogen and oxygen atoms in total. The van der Waals surface area contributed by atoms with E-state index in [4.69, 9.17) is 28.3 Å². The van der Waals surface area contributed by atoms with Crippen molar-refractivity contribution in [2.24, 2.45) is 0 Å². The van der Waals surface area contributed by atoms with Gasteiger partial charge in [0.2, 0.25) is 0 Å². The Morgan fingerprint density at radius 3 is 2.68 bits per heavy atom. The molecule has 0 saturated carbocycles. The molecule has 120 valence electrons. The molecule has 2 rings (SSSR count). The minimum absolute atomic E-state index is 0.00282. The molecule has 1 aliphatic rings. The highest BCUT2D eigenvalue weighted by Gasteiger charge is 2.29. The maximum atomic E-state index is 13.6. The van der Waals surface area contributed by atoms with Crippen molar-refractivity contribution in [1.29, 1.82) is 0 Å². The van der Waals surface area contributed by atoms with Crippen molar-refractivity contribution in [1.82, 2.24) is 4.90 Å². The Hall–Kier alpha value is -1.33. The van der Waals surface area contributed by atoms with Gasteiger partial charge in [-0.2, -0.15) is 0 Å². The van der Waals surface area contributed by atoms with E-state index < -0.39 is 11.8 Å². The maximum Gasteiger partial charge on any atom is 0.303 e. The Morgan fingerprint density at radius 1 is 1.27 bits per heavy atom. The van der Waals surface area contributed by atoms with E-state index in [1.165, 1.54) is 6.07 Å². The minimum atomic E-state index is -0.895. The molecule has 1 amide bonds. The van der Waals surface area contributed by atoms with Crippen molar-refractivity contribution < 1.29 is 19.1 Å². The number of nitrogens with zero attached hydrogens (tertiary/aromatic N) is 1. The summed E-state index contributed by atoms with van der Waals surface area (Å²) in [6, 6.07) is 2.09. The van der Waals surface area contributed by atoms with Gasteiger partial charge in [0.15, 0.2) is 0 Å². The van der Waals surface area contributed by atoms with E-state index in [1.54, 1.807) is 4.90 Å². The lowest BCUT2D eigenvalue weighted by Gasteiger charge is -2.36. The number of amides is 1. The van der Waals surface area contributed by atoms with Crippen LogP contribution in [-0.2, 0) is 4.79 Å². The first-order valence-corrected chi connectivity index (χ1v) is 7.83. The molecule has 1 N–H and O–H groups in total. The Labute approximate surface area is 137 Å². The first kappa shape index (κ1) is 17.0. The smallest absolute Gasteiger partial charge is 0.303 e. The number of piperidine rings is 1. The number of carbonyl (C=O) groups excluding carboxylic acids is 1. The van der Waals surface area contributed by atoms with Crippen molar-refractivity contribution in [3.63, 3.8) is 0 Å². The van der Waals surface area contributed by atoms with E-state index in [1.807, 2.05) is 0 Å². The highest BCUT2D eigenvalue weighted by Crippen LogP contribution is 2.28. The predicted octanol–water partition coefficient (Wildman–Crippen LogP) is 3.99. The number of benzene rings is 1. The number of halogens is 3. The summed E-state index contributed by atoms with van der Waals surface area (Å²) in [4.78, 5) is 25.0. The molecule has 22 heavy (non-hydrogen) atoms. The monoisotopic (exact) mass is 347 g/mol. The van der Waals surface area contributed by atoms with Crippen molar-refractivity contribution in [3.8, 4) is 0 Å². The van der Waals surface area contributed by atoms with Crippen LogP contribution in [0.15, 0.2) is 12.1 Å². The third kappa shape index (κ3) is 3.90. The second-order valence-corrected chi connectivity index (χ2v) is 6.14. The Kier molecular flexibility index (Phi) is 5.64. The van der Waals surface area contributed by atoms with Crippen LogP contribution >= 0.6 is 23.2 Å². The summed E-state index contributed by atoms with van der Waals surface area (Å²) in [5, 5.41) is 8.77. The highest BCUT2D eigenvalue weighted by molar-refractivity contribution is 6.36. The van der Waals surface area contributed by atoms with E-state index >= 15 is 0 Å². The van der Waals surface area contributed by atoms with Gasteiger partial charge >= 0.3 is 5.97 Å². The zero-order chi connectivity index (χ0) is 16.3. The van der Waals surface area contributed by atoms with E-state index in [0.29, 0.717) is 13.0 Å². The SMILES string of the molecule is O=C(O)CCC1CCCCN1C(=O)c1cc(F)c(Cl)cc1Cl. The predicted molar refractivity (Wildman–Crippen MR) is 82.0 cm³/mol. The van der Waals surface area contributed by atoms with Crippen molar-refractivity contribution in [2.75, 3.05) is 6.54 Å². The Bertz CT molecular complexity index is 594. The van der Waals surface area contributed by atoms with Gasteiger partial charge in [0.25, 0.3) is 5.91 Å². The van der Waals surface area contributed by atoms with Crippen molar-refractivity contribution in [2.45, 2.75) is 38.1 Å². The molecule has 1 unspecified atom stereocenters. The fourth-order valence-electron chi connectivity index (χ4n) is 2.70. The molecule has 1 heterocycles. The van der Waals surface area contributed by atoms with Crippen molar-refractivity contribution in [3.05, 3.63) is 33.6 Å². The molecule has 1 saturated heterocycles. The van der Waals surface area contributed by atoms with Gasteiger partial charge < -0.3 is 10.0 Å². The van der Waals surface area contributed by atoms with E-state index in [9.17, 15) is 14.0 Å². The van der Waals surface area contributed by atoms with Crippen LogP contribution in [0.25, 0.3) is 0 Å². The fraction of sp³-hybridized carbons (Fsp3) is 0.467. The topological polar surface area (TPSA) is 57.6 Å². The zero-order valence-corrected chi connectivity index (χ0v) is 13.3. The van der Waals surface area contributed by atoms with Crippen molar-refractivity contribution >= 4 is 35.1 Å². The molecule has 0 aliphatic carbocycles. The summed E-state index contributed by atoms with van der Waals surface area (Å²) in [7, 11) is 0. The molecular weight excluding hydrogens is 332 g/mol. The second kappa shape index (κ2) is 7.29. The van der Waals surface area contributed by atoms with Crippen LogP contribution in [-0.4, -0.2) is 34.5 Å². The Balaban J connectivity index is 2.21. The average Bonchev–Trinajstić information content (AvgIpc) is 2.48. The van der Waals surface area contributed by atoms with Crippen LogP contribution in [0.5, 0.6) is 0 Å². The quantitative estimate of drug-likeness (QED) is 0.837. The number of carbonyl (C=O) groups is 2. The van der Waals surface area contributed by atoms with Crippen LogP contribution in [0.3, 0.4) is 0 Å².